The molecule has 0 saturated carbocycles. The summed E-state index contributed by atoms with van der Waals surface area (Å²) in [4.78, 5) is 21.0. The molecule has 2 aromatic heterocycles. The number of carbonyl (C=O) groups excluding carboxylic acids is 1. The smallest absolute Gasteiger partial charge is 0.253 e. The fraction of sp³-hybridized carbons (Fsp3) is 0.417. The average Bonchev–Trinajstić information content (AvgIpc) is 3.18. The highest BCUT2D eigenvalue weighted by molar-refractivity contribution is 5.98. The third-order valence-electron chi connectivity index (χ3n) is 5.84. The lowest BCUT2D eigenvalue weighted by atomic mass is 10.0. The molecule has 3 heterocycles. The van der Waals surface area contributed by atoms with Crippen molar-refractivity contribution >= 4 is 22.5 Å². The molecule has 0 bridgehead atoms. The van der Waals surface area contributed by atoms with Crippen LogP contribution in [0.3, 0.4) is 0 Å². The summed E-state index contributed by atoms with van der Waals surface area (Å²) in [7, 11) is 3.54. The number of rotatable bonds is 6. The van der Waals surface area contributed by atoms with Crippen molar-refractivity contribution in [3.05, 3.63) is 54.4 Å². The van der Waals surface area contributed by atoms with Crippen LogP contribution in [0, 0.1) is 0 Å². The van der Waals surface area contributed by atoms with Crippen LogP contribution in [0.25, 0.3) is 16.7 Å². The van der Waals surface area contributed by atoms with Gasteiger partial charge in [0.1, 0.15) is 5.82 Å². The molecule has 1 aliphatic heterocycles. The van der Waals surface area contributed by atoms with Crippen molar-refractivity contribution in [2.24, 2.45) is 0 Å². The van der Waals surface area contributed by atoms with E-state index in [9.17, 15) is 4.79 Å². The monoisotopic (exact) mass is 405 g/mol. The molecule has 0 radical (unpaired) electrons. The van der Waals surface area contributed by atoms with Gasteiger partial charge >= 0.3 is 0 Å². The highest BCUT2D eigenvalue weighted by Gasteiger charge is 2.18. The van der Waals surface area contributed by atoms with Crippen LogP contribution in [0.1, 0.15) is 36.5 Å². The molecule has 1 saturated heterocycles. The maximum absolute atomic E-state index is 12.2. The second-order valence-corrected chi connectivity index (χ2v) is 8.32. The molecular weight excluding hydrogens is 374 g/mol. The molecule has 0 spiro atoms. The first-order valence-electron chi connectivity index (χ1n) is 10.8. The number of piperidine rings is 1. The topological polar surface area (TPSA) is 53.4 Å². The summed E-state index contributed by atoms with van der Waals surface area (Å²) >= 11 is 0. The van der Waals surface area contributed by atoms with Crippen LogP contribution in [0.5, 0.6) is 0 Å². The Balaban J connectivity index is 1.45. The highest BCUT2D eigenvalue weighted by atomic mass is 16.2. The molecule has 1 amide bonds. The van der Waals surface area contributed by atoms with E-state index < -0.39 is 0 Å². The molecule has 0 aliphatic carbocycles. The van der Waals surface area contributed by atoms with E-state index in [1.807, 2.05) is 42.7 Å². The number of likely N-dealkylation sites (tertiary alicyclic amines) is 1. The maximum atomic E-state index is 12.2. The van der Waals surface area contributed by atoms with Gasteiger partial charge in [-0.3, -0.25) is 4.79 Å². The Morgan fingerprint density at radius 1 is 1.17 bits per heavy atom. The minimum atomic E-state index is 0.0127. The van der Waals surface area contributed by atoms with Crippen molar-refractivity contribution in [2.45, 2.75) is 32.2 Å². The van der Waals surface area contributed by atoms with E-state index in [-0.39, 0.29) is 5.91 Å². The first-order valence-corrected chi connectivity index (χ1v) is 10.8. The van der Waals surface area contributed by atoms with E-state index in [4.69, 9.17) is 0 Å². The molecule has 6 nitrogen and oxygen atoms in total. The zero-order valence-electron chi connectivity index (χ0n) is 18.1. The van der Waals surface area contributed by atoms with Crippen molar-refractivity contribution in [1.82, 2.24) is 19.4 Å². The van der Waals surface area contributed by atoms with Crippen LogP contribution < -0.4 is 5.32 Å². The summed E-state index contributed by atoms with van der Waals surface area (Å²) < 4.78 is 2.06. The van der Waals surface area contributed by atoms with E-state index in [1.165, 1.54) is 38.9 Å². The molecule has 1 aliphatic rings. The summed E-state index contributed by atoms with van der Waals surface area (Å²) in [5.74, 6) is 0.888. The molecule has 0 unspecified atom stereocenters. The summed E-state index contributed by atoms with van der Waals surface area (Å²) in [6, 6.07) is 12.5. The van der Waals surface area contributed by atoms with Gasteiger partial charge in [0.2, 0.25) is 0 Å². The van der Waals surface area contributed by atoms with Crippen LogP contribution in [0.4, 0.5) is 5.69 Å². The fourth-order valence-corrected chi connectivity index (χ4v) is 4.20. The van der Waals surface area contributed by atoms with Crippen molar-refractivity contribution < 1.29 is 4.79 Å². The average molecular weight is 406 g/mol. The Labute approximate surface area is 178 Å². The fourth-order valence-electron chi connectivity index (χ4n) is 4.20. The maximum Gasteiger partial charge on any atom is 0.253 e. The number of fused-ring (bicyclic) bond motifs is 1. The Morgan fingerprint density at radius 3 is 2.63 bits per heavy atom. The van der Waals surface area contributed by atoms with Gasteiger partial charge in [-0.1, -0.05) is 6.92 Å². The molecule has 4 rings (SSSR count). The zero-order chi connectivity index (χ0) is 21.1. The number of hydrogen-bond donors (Lipinski definition) is 1. The first-order chi connectivity index (χ1) is 14.5. The number of nitrogens with zero attached hydrogens (tertiary/aromatic N) is 4. The predicted molar refractivity (Wildman–Crippen MR) is 122 cm³/mol. The van der Waals surface area contributed by atoms with E-state index in [1.54, 1.807) is 19.0 Å². The number of nitrogens with one attached hydrogen (secondary N) is 1. The number of pyridine rings is 1. The number of amides is 1. The van der Waals surface area contributed by atoms with E-state index in [0.29, 0.717) is 11.6 Å². The third kappa shape index (κ3) is 4.33. The van der Waals surface area contributed by atoms with Crippen molar-refractivity contribution in [1.29, 1.82) is 0 Å². The van der Waals surface area contributed by atoms with Crippen LogP contribution in [-0.4, -0.2) is 65.0 Å². The first kappa shape index (κ1) is 20.4. The van der Waals surface area contributed by atoms with Crippen LogP contribution in [0.15, 0.2) is 48.8 Å². The lowest BCUT2D eigenvalue weighted by Gasteiger charge is -2.32. The summed E-state index contributed by atoms with van der Waals surface area (Å²) in [5, 5.41) is 4.68. The molecule has 1 fully saturated rings. The van der Waals surface area contributed by atoms with Gasteiger partial charge in [0.15, 0.2) is 0 Å². The SMILES string of the molecule is CCCN1CCC(Nc2ccc(-n3ccc4cc(C(=O)N(C)C)ccc43)nc2)CC1. The molecule has 0 atom stereocenters. The van der Waals surface area contributed by atoms with E-state index >= 15 is 0 Å². The van der Waals surface area contributed by atoms with Gasteiger partial charge in [-0.2, -0.15) is 0 Å². The standard InChI is InChI=1S/C24H31N5O/c1-4-12-28-13-10-20(11-14-28)26-21-6-8-23(25-17-21)29-15-9-18-16-19(5-7-22(18)29)24(30)27(2)3/h5-9,15-17,20,26H,4,10-14H2,1-3H3. The number of carbonyl (C=O) groups is 1. The van der Waals surface area contributed by atoms with Crippen LogP contribution in [-0.2, 0) is 0 Å². The van der Waals surface area contributed by atoms with Gasteiger partial charge < -0.3 is 19.7 Å². The Kier molecular flexibility index (Phi) is 6.04. The van der Waals surface area contributed by atoms with Crippen molar-refractivity contribution in [3.8, 4) is 5.82 Å². The largest absolute Gasteiger partial charge is 0.381 e. The molecule has 6 heteroatoms. The second-order valence-electron chi connectivity index (χ2n) is 8.32. The molecular formula is C24H31N5O. The molecule has 158 valence electrons. The zero-order valence-corrected chi connectivity index (χ0v) is 18.1. The van der Waals surface area contributed by atoms with Gasteiger partial charge in [0.25, 0.3) is 5.91 Å². The summed E-state index contributed by atoms with van der Waals surface area (Å²) in [5.41, 5.74) is 2.81. The second kappa shape index (κ2) is 8.88. The lowest BCUT2D eigenvalue weighted by Crippen LogP contribution is -2.39. The molecule has 1 aromatic carbocycles. The molecule has 3 aromatic rings. The van der Waals surface area contributed by atoms with Crippen LogP contribution >= 0.6 is 0 Å². The number of benzene rings is 1. The number of aromatic nitrogens is 2. The summed E-state index contributed by atoms with van der Waals surface area (Å²) in [6.45, 7) is 5.79. The van der Waals surface area contributed by atoms with Gasteiger partial charge in [-0.25, -0.2) is 4.98 Å². The van der Waals surface area contributed by atoms with Gasteiger partial charge in [-0.15, -0.1) is 0 Å². The Bertz CT molecular complexity index is 1000. The van der Waals surface area contributed by atoms with E-state index in [2.05, 4.69) is 32.8 Å². The molecule has 30 heavy (non-hydrogen) atoms. The molecule has 1 N–H and O–H groups in total. The highest BCUT2D eigenvalue weighted by Crippen LogP contribution is 2.23. The summed E-state index contributed by atoms with van der Waals surface area (Å²) in [6.07, 6.45) is 7.51. The minimum absolute atomic E-state index is 0.0127. The quantitative estimate of drug-likeness (QED) is 0.673. The Hall–Kier alpha value is -2.86. The van der Waals surface area contributed by atoms with Crippen LogP contribution in [0.2, 0.25) is 0 Å². The van der Waals surface area contributed by atoms with Crippen molar-refractivity contribution in [3.63, 3.8) is 0 Å². The Morgan fingerprint density at radius 2 is 1.97 bits per heavy atom. The van der Waals surface area contributed by atoms with Gasteiger partial charge in [0, 0.05) is 50.4 Å². The minimum Gasteiger partial charge on any atom is -0.381 e. The van der Waals surface area contributed by atoms with Gasteiger partial charge in [0.05, 0.1) is 17.4 Å². The number of hydrogen-bond acceptors (Lipinski definition) is 4. The van der Waals surface area contributed by atoms with E-state index in [0.717, 1.165) is 22.4 Å². The van der Waals surface area contributed by atoms with Gasteiger partial charge in [-0.05, 0) is 62.2 Å². The van der Waals surface area contributed by atoms with Crippen molar-refractivity contribution in [2.75, 3.05) is 39.0 Å². The normalized spacial score (nSPS) is 15.4. The lowest BCUT2D eigenvalue weighted by molar-refractivity contribution is 0.0828. The number of anilines is 1. The third-order valence-corrected chi connectivity index (χ3v) is 5.84. The predicted octanol–water partition coefficient (Wildman–Crippen LogP) is 4.01.